The minimum absolute atomic E-state index is 0. The van der Waals surface area contributed by atoms with E-state index in [0.717, 1.165) is 28.4 Å². The fourth-order valence-corrected chi connectivity index (χ4v) is 3.11. The van der Waals surface area contributed by atoms with Crippen molar-refractivity contribution in [2.24, 2.45) is 0 Å². The fraction of sp³-hybridized carbons (Fsp3) is 0.222. The van der Waals surface area contributed by atoms with Crippen LogP contribution in [0.1, 0.15) is 18.6 Å². The molecule has 1 aromatic heterocycles. The van der Waals surface area contributed by atoms with Crippen molar-refractivity contribution in [3.05, 3.63) is 85.9 Å². The van der Waals surface area contributed by atoms with Gasteiger partial charge < -0.3 is 4.74 Å². The van der Waals surface area contributed by atoms with Gasteiger partial charge in [0.1, 0.15) is 5.75 Å². The molecule has 0 amide bonds. The average molecular weight is 344 g/mol. The van der Waals surface area contributed by atoms with Gasteiger partial charge in [-0.15, -0.1) is 0 Å². The van der Waals surface area contributed by atoms with Gasteiger partial charge in [-0.25, -0.2) is 13.3 Å². The second kappa shape index (κ2) is 7.79. The van der Waals surface area contributed by atoms with Gasteiger partial charge in [-0.05, 0) is 23.3 Å². The van der Waals surface area contributed by atoms with Gasteiger partial charge in [-0.2, -0.15) is 0 Å². The molecule has 0 spiro atoms. The largest absolute Gasteiger partial charge is 0.497 e. The van der Waals surface area contributed by atoms with Crippen LogP contribution in [0.25, 0.3) is 0 Å². The zero-order valence-electron chi connectivity index (χ0n) is 12.6. The molecule has 0 aliphatic rings. The highest BCUT2D eigenvalue weighted by Crippen LogP contribution is 2.12. The molecular weight excluding hydrogens is 324 g/mol. The molecule has 0 atom stereocenters. The Bertz CT molecular complexity index is 893. The first kappa shape index (κ1) is 17.7. The number of nitrogens with zero attached hydrogens (tertiary/aromatic N) is 2. The molecule has 0 fully saturated rings. The van der Waals surface area contributed by atoms with E-state index in [1.165, 1.54) is 8.52 Å². The molecule has 0 N–H and O–H groups in total. The van der Waals surface area contributed by atoms with Crippen molar-refractivity contribution in [3.8, 4) is 5.75 Å². The minimum Gasteiger partial charge on any atom is -0.497 e. The molecule has 2 aromatic carbocycles. The standard InChI is InChI=1S/C17H16N2O3S.CH4/c1-22-15-9-7-14(8-10-15)12-19-16(20)18(17(21)23-19)11-13-5-3-2-4-6-13;/h2-10H,11-12H2,1H3;1H4. The highest BCUT2D eigenvalue weighted by atomic mass is 32.1. The summed E-state index contributed by atoms with van der Waals surface area (Å²) in [5.74, 6) is 0.760. The van der Waals surface area contributed by atoms with Crippen LogP contribution in [-0.2, 0) is 13.1 Å². The van der Waals surface area contributed by atoms with Crippen LogP contribution in [0, 0.1) is 0 Å². The lowest BCUT2D eigenvalue weighted by Crippen LogP contribution is -2.29. The van der Waals surface area contributed by atoms with Crippen LogP contribution >= 0.6 is 11.5 Å². The van der Waals surface area contributed by atoms with Crippen molar-refractivity contribution < 1.29 is 4.74 Å². The number of aromatic nitrogens is 2. The summed E-state index contributed by atoms with van der Waals surface area (Å²) < 4.78 is 7.86. The molecule has 0 aliphatic carbocycles. The SMILES string of the molecule is C.COc1ccc(Cn2sc(=O)n(Cc3ccccc3)c2=O)cc1. The van der Waals surface area contributed by atoms with Crippen LogP contribution in [0.15, 0.2) is 64.2 Å². The Morgan fingerprint density at radius 2 is 1.54 bits per heavy atom. The topological polar surface area (TPSA) is 53.2 Å². The Morgan fingerprint density at radius 1 is 0.917 bits per heavy atom. The van der Waals surface area contributed by atoms with Crippen molar-refractivity contribution in [2.75, 3.05) is 7.11 Å². The highest BCUT2D eigenvalue weighted by molar-refractivity contribution is 7.03. The second-order valence-electron chi connectivity index (χ2n) is 5.10. The Labute approximate surface area is 144 Å². The van der Waals surface area contributed by atoms with Gasteiger partial charge in [0, 0.05) is 11.5 Å². The van der Waals surface area contributed by atoms with Gasteiger partial charge in [0.15, 0.2) is 0 Å². The first-order valence-corrected chi connectivity index (χ1v) is 7.92. The van der Waals surface area contributed by atoms with E-state index in [1.54, 1.807) is 7.11 Å². The van der Waals surface area contributed by atoms with Crippen LogP contribution in [-0.4, -0.2) is 15.6 Å². The molecule has 0 aliphatic heterocycles. The average Bonchev–Trinajstić information content (AvgIpc) is 2.84. The molecule has 0 unspecified atom stereocenters. The lowest BCUT2D eigenvalue weighted by atomic mass is 10.2. The van der Waals surface area contributed by atoms with Crippen molar-refractivity contribution >= 4 is 11.5 Å². The van der Waals surface area contributed by atoms with Crippen LogP contribution in [0.2, 0.25) is 0 Å². The van der Waals surface area contributed by atoms with Gasteiger partial charge in [0.05, 0.1) is 20.2 Å². The molecule has 126 valence electrons. The Balaban J connectivity index is 0.00000208. The van der Waals surface area contributed by atoms with E-state index in [0.29, 0.717) is 13.1 Å². The van der Waals surface area contributed by atoms with Crippen molar-refractivity contribution in [1.29, 1.82) is 0 Å². The lowest BCUT2D eigenvalue weighted by molar-refractivity contribution is 0.414. The van der Waals surface area contributed by atoms with Crippen LogP contribution in [0.5, 0.6) is 5.75 Å². The molecule has 6 heteroatoms. The maximum atomic E-state index is 12.4. The molecule has 5 nitrogen and oxygen atoms in total. The zero-order valence-corrected chi connectivity index (χ0v) is 13.5. The number of rotatable bonds is 5. The number of methoxy groups -OCH3 is 1. The van der Waals surface area contributed by atoms with E-state index in [-0.39, 0.29) is 18.0 Å². The Morgan fingerprint density at radius 3 is 2.17 bits per heavy atom. The summed E-state index contributed by atoms with van der Waals surface area (Å²) in [7, 11) is 1.61. The highest BCUT2D eigenvalue weighted by Gasteiger charge is 2.11. The molecule has 1 heterocycles. The number of hydrogen-bond acceptors (Lipinski definition) is 4. The van der Waals surface area contributed by atoms with Gasteiger partial charge in [-0.3, -0.25) is 4.79 Å². The molecular formula is C18H20N2O3S. The Hall–Kier alpha value is -2.60. The fourth-order valence-electron chi connectivity index (χ4n) is 2.29. The van der Waals surface area contributed by atoms with Gasteiger partial charge >= 0.3 is 10.6 Å². The summed E-state index contributed by atoms with van der Waals surface area (Å²) >= 11 is 0.945. The number of ether oxygens (including phenoxy) is 1. The second-order valence-corrected chi connectivity index (χ2v) is 6.07. The third kappa shape index (κ3) is 3.83. The van der Waals surface area contributed by atoms with E-state index < -0.39 is 0 Å². The zero-order chi connectivity index (χ0) is 16.2. The lowest BCUT2D eigenvalue weighted by Gasteiger charge is -2.03. The van der Waals surface area contributed by atoms with Crippen LogP contribution in [0.4, 0.5) is 0 Å². The molecule has 0 saturated heterocycles. The summed E-state index contributed by atoms with van der Waals surface area (Å²) in [6, 6.07) is 16.9. The van der Waals surface area contributed by atoms with E-state index in [1.807, 2.05) is 54.6 Å². The Kier molecular flexibility index (Phi) is 5.76. The summed E-state index contributed by atoms with van der Waals surface area (Å²) in [4.78, 5) is 24.3. The van der Waals surface area contributed by atoms with E-state index in [9.17, 15) is 9.59 Å². The number of benzene rings is 2. The third-order valence-corrected chi connectivity index (χ3v) is 4.40. The van der Waals surface area contributed by atoms with Gasteiger partial charge in [-0.1, -0.05) is 49.9 Å². The maximum absolute atomic E-state index is 12.4. The van der Waals surface area contributed by atoms with E-state index in [2.05, 4.69) is 0 Å². The first-order valence-electron chi connectivity index (χ1n) is 7.15. The first-order chi connectivity index (χ1) is 11.2. The predicted molar refractivity (Wildman–Crippen MR) is 97.2 cm³/mol. The van der Waals surface area contributed by atoms with Crippen molar-refractivity contribution in [2.45, 2.75) is 20.5 Å². The minimum atomic E-state index is -0.278. The summed E-state index contributed by atoms with van der Waals surface area (Å²) in [5, 5.41) is 0. The predicted octanol–water partition coefficient (Wildman–Crippen LogP) is 2.81. The molecule has 0 radical (unpaired) electrons. The maximum Gasteiger partial charge on any atom is 0.341 e. The normalized spacial score (nSPS) is 10.2. The monoisotopic (exact) mass is 344 g/mol. The summed E-state index contributed by atoms with van der Waals surface area (Å²) in [5.41, 5.74) is 1.60. The van der Waals surface area contributed by atoms with Gasteiger partial charge in [0.2, 0.25) is 0 Å². The van der Waals surface area contributed by atoms with Crippen LogP contribution in [0.3, 0.4) is 0 Å². The smallest absolute Gasteiger partial charge is 0.341 e. The van der Waals surface area contributed by atoms with E-state index >= 15 is 0 Å². The third-order valence-electron chi connectivity index (χ3n) is 3.52. The van der Waals surface area contributed by atoms with Crippen molar-refractivity contribution in [3.63, 3.8) is 0 Å². The van der Waals surface area contributed by atoms with E-state index in [4.69, 9.17) is 4.74 Å². The molecule has 24 heavy (non-hydrogen) atoms. The number of hydrogen-bond donors (Lipinski definition) is 0. The summed E-state index contributed by atoms with van der Waals surface area (Å²) in [6.45, 7) is 0.676. The molecule has 0 saturated carbocycles. The summed E-state index contributed by atoms with van der Waals surface area (Å²) in [6.07, 6.45) is 0. The molecule has 0 bridgehead atoms. The molecule has 3 aromatic rings. The van der Waals surface area contributed by atoms with Gasteiger partial charge in [0.25, 0.3) is 0 Å². The van der Waals surface area contributed by atoms with Crippen LogP contribution < -0.4 is 15.3 Å². The van der Waals surface area contributed by atoms with Crippen molar-refractivity contribution in [1.82, 2.24) is 8.52 Å². The molecule has 3 rings (SSSR count). The quantitative estimate of drug-likeness (QED) is 0.715.